The van der Waals surface area contributed by atoms with Crippen molar-refractivity contribution in [3.05, 3.63) is 53.6 Å². The van der Waals surface area contributed by atoms with Crippen LogP contribution in [0.4, 0.5) is 8.78 Å². The van der Waals surface area contributed by atoms with Gasteiger partial charge in [0.1, 0.15) is 0 Å². The Morgan fingerprint density at radius 3 is 2.59 bits per heavy atom. The number of thioether (sulfide) groups is 1. The summed E-state index contributed by atoms with van der Waals surface area (Å²) in [5.74, 6) is -2.48. The van der Waals surface area contributed by atoms with Gasteiger partial charge in [0.05, 0.1) is 21.7 Å². The van der Waals surface area contributed by atoms with E-state index in [1.165, 1.54) is 18.2 Å². The average molecular weight is 440 g/mol. The van der Waals surface area contributed by atoms with Gasteiger partial charge in [-0.1, -0.05) is 25.1 Å². The molecule has 0 aliphatic heterocycles. The number of benzene rings is 2. The van der Waals surface area contributed by atoms with E-state index in [1.807, 2.05) is 11.5 Å². The van der Waals surface area contributed by atoms with E-state index in [9.17, 15) is 22.0 Å². The highest BCUT2D eigenvalue weighted by Gasteiger charge is 2.17. The van der Waals surface area contributed by atoms with Crippen molar-refractivity contribution in [3.63, 3.8) is 0 Å². The average Bonchev–Trinajstić information content (AvgIpc) is 3.02. The molecule has 1 heterocycles. The van der Waals surface area contributed by atoms with Gasteiger partial charge in [-0.05, 0) is 42.8 Å². The number of carbonyl (C=O) groups is 1. The molecule has 3 rings (SSSR count). The zero-order valence-electron chi connectivity index (χ0n) is 15.6. The van der Waals surface area contributed by atoms with Crippen molar-refractivity contribution in [1.29, 1.82) is 0 Å². The maximum absolute atomic E-state index is 13.4. The van der Waals surface area contributed by atoms with Crippen LogP contribution >= 0.6 is 11.8 Å². The van der Waals surface area contributed by atoms with Crippen LogP contribution in [0.15, 0.2) is 46.5 Å². The molecule has 3 aromatic rings. The number of aryl methyl sites for hydroxylation is 1. The van der Waals surface area contributed by atoms with Crippen molar-refractivity contribution < 1.29 is 22.0 Å². The summed E-state index contributed by atoms with van der Waals surface area (Å²) < 4.78 is 51.5. The van der Waals surface area contributed by atoms with E-state index in [0.717, 1.165) is 42.3 Å². The van der Waals surface area contributed by atoms with Gasteiger partial charge >= 0.3 is 0 Å². The summed E-state index contributed by atoms with van der Waals surface area (Å²) in [6.45, 7) is 2.68. The minimum Gasteiger partial charge on any atom is -0.319 e. The lowest BCUT2D eigenvalue weighted by Gasteiger charge is -2.08. The van der Waals surface area contributed by atoms with Gasteiger partial charge in [-0.25, -0.2) is 27.3 Å². The van der Waals surface area contributed by atoms with E-state index in [4.69, 9.17) is 5.14 Å². The number of aromatic nitrogens is 2. The van der Waals surface area contributed by atoms with Gasteiger partial charge in [-0.2, -0.15) is 0 Å². The van der Waals surface area contributed by atoms with E-state index in [2.05, 4.69) is 4.98 Å². The Bertz CT molecular complexity index is 1180. The molecule has 0 amide bonds. The fraction of sp³-hybridized carbons (Fsp3) is 0.263. The maximum atomic E-state index is 13.4. The standard InChI is InChI=1S/C19H19F2N3O3S2/c1-2-3-8-24-17-7-5-13(29(22,26)27)10-16(17)23-19(24)28-11-18(25)12-4-6-14(20)15(21)9-12/h4-7,9-10H,2-3,8,11H2,1H3,(H2,22,26,27). The molecule has 0 saturated heterocycles. The van der Waals surface area contributed by atoms with Crippen molar-refractivity contribution in [2.75, 3.05) is 5.75 Å². The predicted molar refractivity (Wildman–Crippen MR) is 107 cm³/mol. The molecule has 154 valence electrons. The molecule has 2 N–H and O–H groups in total. The van der Waals surface area contributed by atoms with Gasteiger partial charge in [0.25, 0.3) is 0 Å². The number of primary sulfonamides is 1. The minimum atomic E-state index is -3.86. The molecular formula is C19H19F2N3O3S2. The van der Waals surface area contributed by atoms with Crippen LogP contribution < -0.4 is 5.14 Å². The van der Waals surface area contributed by atoms with Crippen molar-refractivity contribution >= 4 is 38.6 Å². The number of Topliss-reactive ketones (excluding diaryl/α,β-unsaturated/α-hetero) is 1. The molecule has 0 unspecified atom stereocenters. The van der Waals surface area contributed by atoms with Crippen molar-refractivity contribution in [1.82, 2.24) is 9.55 Å². The second kappa shape index (κ2) is 8.60. The number of carbonyl (C=O) groups excluding carboxylic acids is 1. The van der Waals surface area contributed by atoms with Crippen LogP contribution in [0.5, 0.6) is 0 Å². The molecule has 0 bridgehead atoms. The maximum Gasteiger partial charge on any atom is 0.238 e. The minimum absolute atomic E-state index is 0.0252. The largest absolute Gasteiger partial charge is 0.319 e. The highest BCUT2D eigenvalue weighted by molar-refractivity contribution is 7.99. The van der Waals surface area contributed by atoms with Crippen molar-refractivity contribution in [3.8, 4) is 0 Å². The molecule has 29 heavy (non-hydrogen) atoms. The number of nitrogens with zero attached hydrogens (tertiary/aromatic N) is 2. The number of imidazole rings is 1. The molecule has 0 spiro atoms. The summed E-state index contributed by atoms with van der Waals surface area (Å²) in [6.07, 6.45) is 1.81. The Morgan fingerprint density at radius 1 is 1.17 bits per heavy atom. The fourth-order valence-corrected chi connectivity index (χ4v) is 4.26. The number of ketones is 1. The van der Waals surface area contributed by atoms with Crippen LogP contribution in [0.25, 0.3) is 11.0 Å². The molecule has 6 nitrogen and oxygen atoms in total. The lowest BCUT2D eigenvalue weighted by molar-refractivity contribution is 0.102. The lowest BCUT2D eigenvalue weighted by Crippen LogP contribution is -2.11. The Balaban J connectivity index is 1.90. The molecule has 2 aromatic carbocycles. The molecule has 10 heteroatoms. The fourth-order valence-electron chi connectivity index (χ4n) is 2.79. The molecule has 0 fully saturated rings. The molecule has 1 aromatic heterocycles. The second-order valence-corrected chi connectivity index (χ2v) is 8.94. The number of hydrogen-bond acceptors (Lipinski definition) is 5. The van der Waals surface area contributed by atoms with Crippen molar-refractivity contribution in [2.45, 2.75) is 36.4 Å². The Kier molecular flexibility index (Phi) is 6.35. The summed E-state index contributed by atoms with van der Waals surface area (Å²) in [5, 5.41) is 5.73. The molecular weight excluding hydrogens is 420 g/mol. The normalized spacial score (nSPS) is 11.9. The number of rotatable bonds is 8. The summed E-state index contributed by atoms with van der Waals surface area (Å²) in [6, 6.07) is 7.48. The molecule has 0 atom stereocenters. The van der Waals surface area contributed by atoms with Crippen LogP contribution in [0.3, 0.4) is 0 Å². The zero-order chi connectivity index (χ0) is 21.2. The quantitative estimate of drug-likeness (QED) is 0.426. The van der Waals surface area contributed by atoms with E-state index in [-0.39, 0.29) is 22.0 Å². The van der Waals surface area contributed by atoms with Crippen LogP contribution in [-0.2, 0) is 16.6 Å². The molecule has 0 saturated carbocycles. The smallest absolute Gasteiger partial charge is 0.238 e. The Hall–Kier alpha value is -2.30. The van der Waals surface area contributed by atoms with Gasteiger partial charge in [-0.3, -0.25) is 4.79 Å². The zero-order valence-corrected chi connectivity index (χ0v) is 17.2. The first-order valence-corrected chi connectivity index (χ1v) is 11.4. The van der Waals surface area contributed by atoms with Gasteiger partial charge in [-0.15, -0.1) is 0 Å². The first-order valence-electron chi connectivity index (χ1n) is 8.85. The van der Waals surface area contributed by atoms with Crippen LogP contribution in [0.1, 0.15) is 30.1 Å². The first-order chi connectivity index (χ1) is 13.7. The summed E-state index contributed by atoms with van der Waals surface area (Å²) >= 11 is 1.15. The van der Waals surface area contributed by atoms with Gasteiger partial charge in [0.15, 0.2) is 22.6 Å². The third-order valence-electron chi connectivity index (χ3n) is 4.32. The van der Waals surface area contributed by atoms with E-state index in [1.54, 1.807) is 6.07 Å². The van der Waals surface area contributed by atoms with Gasteiger partial charge < -0.3 is 4.57 Å². The van der Waals surface area contributed by atoms with E-state index in [0.29, 0.717) is 17.2 Å². The first kappa shape index (κ1) is 21.4. The third kappa shape index (κ3) is 4.82. The summed E-state index contributed by atoms with van der Waals surface area (Å²) in [4.78, 5) is 16.8. The highest BCUT2D eigenvalue weighted by atomic mass is 32.2. The van der Waals surface area contributed by atoms with E-state index < -0.39 is 21.7 Å². The number of fused-ring (bicyclic) bond motifs is 1. The van der Waals surface area contributed by atoms with Crippen LogP contribution in [0, 0.1) is 11.6 Å². The topological polar surface area (TPSA) is 95.0 Å². The lowest BCUT2D eigenvalue weighted by atomic mass is 10.1. The molecule has 0 radical (unpaired) electrons. The van der Waals surface area contributed by atoms with Gasteiger partial charge in [0, 0.05) is 12.1 Å². The number of nitrogens with two attached hydrogens (primary N) is 1. The highest BCUT2D eigenvalue weighted by Crippen LogP contribution is 2.27. The Labute approximate surface area is 171 Å². The Morgan fingerprint density at radius 2 is 1.93 bits per heavy atom. The predicted octanol–water partition coefficient (Wildman–Crippen LogP) is 3.74. The third-order valence-corrected chi connectivity index (χ3v) is 6.21. The molecule has 0 aliphatic rings. The van der Waals surface area contributed by atoms with E-state index >= 15 is 0 Å². The van der Waals surface area contributed by atoms with Crippen LogP contribution in [0.2, 0.25) is 0 Å². The monoisotopic (exact) mass is 439 g/mol. The number of unbranched alkanes of at least 4 members (excludes halogenated alkanes) is 1. The number of hydrogen-bond donors (Lipinski definition) is 1. The SMILES string of the molecule is CCCCn1c(SCC(=O)c2ccc(F)c(F)c2)nc2cc(S(N)(=O)=O)ccc21. The summed E-state index contributed by atoms with van der Waals surface area (Å²) in [7, 11) is -3.86. The molecule has 0 aliphatic carbocycles. The van der Waals surface area contributed by atoms with Crippen LogP contribution in [-0.4, -0.2) is 29.5 Å². The summed E-state index contributed by atoms with van der Waals surface area (Å²) in [5.41, 5.74) is 1.26. The second-order valence-electron chi connectivity index (χ2n) is 6.44. The van der Waals surface area contributed by atoms with Crippen molar-refractivity contribution in [2.24, 2.45) is 5.14 Å². The van der Waals surface area contributed by atoms with Gasteiger partial charge in [0.2, 0.25) is 10.0 Å². The number of halogens is 2. The number of sulfonamides is 1.